The quantitative estimate of drug-likeness (QED) is 0.108. The molecule has 5 rings (SSSR count). The minimum atomic E-state index is -1.00. The molecular formula is C24H17FI2N6O3. The third-order valence-electron chi connectivity index (χ3n) is 5.28. The standard InChI is InChI=1S/C24H17FN6O3.I2/c1-34-20-11-16(25)19(31(32)33)12-18(20)29-24-27-13-26-23(30-24)21-15-9-5-6-10-17(15)28-22(21)14-7-3-2-4-8-14;1-2/h2-13,28H,1H3,(H,26,27,29,30);. The normalized spacial score (nSPS) is 10.4. The van der Waals surface area contributed by atoms with E-state index in [-0.39, 0.29) is 17.4 Å². The van der Waals surface area contributed by atoms with Crippen molar-refractivity contribution in [1.82, 2.24) is 19.9 Å². The molecule has 0 aliphatic carbocycles. The molecule has 0 aliphatic rings. The van der Waals surface area contributed by atoms with E-state index in [0.29, 0.717) is 5.82 Å². The molecule has 12 heteroatoms. The highest BCUT2D eigenvalue weighted by atomic mass is 128. The Hall–Kier alpha value is -3.40. The summed E-state index contributed by atoms with van der Waals surface area (Å²) in [4.78, 5) is 26.9. The zero-order valence-electron chi connectivity index (χ0n) is 18.6. The number of rotatable bonds is 6. The zero-order valence-corrected chi connectivity index (χ0v) is 22.9. The summed E-state index contributed by atoms with van der Waals surface area (Å²) in [5.41, 5.74) is 2.95. The number of halogens is 3. The largest absolute Gasteiger partial charge is 0.494 e. The molecule has 0 bridgehead atoms. The minimum absolute atomic E-state index is 0.0714. The van der Waals surface area contributed by atoms with Gasteiger partial charge >= 0.3 is 5.69 Å². The van der Waals surface area contributed by atoms with E-state index in [0.717, 1.165) is 39.9 Å². The highest BCUT2D eigenvalue weighted by Crippen LogP contribution is 2.37. The van der Waals surface area contributed by atoms with E-state index in [4.69, 9.17) is 4.74 Å². The summed E-state index contributed by atoms with van der Waals surface area (Å²) in [5, 5.41) is 15.0. The molecule has 0 aliphatic heterocycles. The van der Waals surface area contributed by atoms with Gasteiger partial charge in [-0.25, -0.2) is 9.97 Å². The van der Waals surface area contributed by atoms with E-state index in [1.54, 1.807) is 0 Å². The average Bonchev–Trinajstić information content (AvgIpc) is 3.31. The number of nitrogens with zero attached hydrogens (tertiary/aromatic N) is 4. The number of aromatic amines is 1. The van der Waals surface area contributed by atoms with Crippen LogP contribution in [0.1, 0.15) is 0 Å². The van der Waals surface area contributed by atoms with Gasteiger partial charge in [-0.2, -0.15) is 9.37 Å². The van der Waals surface area contributed by atoms with Crippen LogP contribution in [0, 0.1) is 15.9 Å². The maximum atomic E-state index is 14.0. The number of hydrogen-bond acceptors (Lipinski definition) is 7. The molecule has 0 radical (unpaired) electrons. The van der Waals surface area contributed by atoms with Crippen LogP contribution in [-0.4, -0.2) is 32.0 Å². The van der Waals surface area contributed by atoms with Crippen LogP contribution in [-0.2, 0) is 0 Å². The number of nitrogens with one attached hydrogen (secondary N) is 2. The first-order valence-corrected chi connectivity index (χ1v) is 16.6. The van der Waals surface area contributed by atoms with E-state index in [1.807, 2.05) is 54.6 Å². The van der Waals surface area contributed by atoms with Gasteiger partial charge in [0.1, 0.15) is 12.1 Å². The van der Waals surface area contributed by atoms with Gasteiger partial charge in [-0.3, -0.25) is 10.1 Å². The van der Waals surface area contributed by atoms with Crippen molar-refractivity contribution in [2.75, 3.05) is 12.4 Å². The summed E-state index contributed by atoms with van der Waals surface area (Å²) >= 11 is 4.24. The predicted molar refractivity (Wildman–Crippen MR) is 153 cm³/mol. The maximum absolute atomic E-state index is 14.0. The molecule has 2 heterocycles. The predicted octanol–water partition coefficient (Wildman–Crippen LogP) is 7.26. The number of methoxy groups -OCH3 is 1. The second-order valence-electron chi connectivity index (χ2n) is 7.31. The molecule has 0 atom stereocenters. The van der Waals surface area contributed by atoms with Crippen molar-refractivity contribution in [2.24, 2.45) is 0 Å². The molecule has 0 unspecified atom stereocenters. The molecule has 0 saturated heterocycles. The summed E-state index contributed by atoms with van der Waals surface area (Å²) < 4.78 is 19.2. The third kappa shape index (κ3) is 5.23. The van der Waals surface area contributed by atoms with E-state index in [1.165, 1.54) is 13.4 Å². The number of H-pyrrole nitrogens is 1. The lowest BCUT2D eigenvalue weighted by atomic mass is 10.0. The van der Waals surface area contributed by atoms with Gasteiger partial charge in [-0.05, 0) is 11.6 Å². The molecule has 9 nitrogen and oxygen atoms in total. The van der Waals surface area contributed by atoms with E-state index >= 15 is 0 Å². The average molecular weight is 710 g/mol. The number of anilines is 2. The Labute approximate surface area is 228 Å². The Balaban J connectivity index is 0.00000148. The first-order valence-electron chi connectivity index (χ1n) is 10.3. The molecule has 3 aromatic carbocycles. The molecule has 0 spiro atoms. The second kappa shape index (κ2) is 11.6. The molecule has 0 fully saturated rings. The molecule has 36 heavy (non-hydrogen) atoms. The van der Waals surface area contributed by atoms with Crippen LogP contribution >= 0.6 is 37.2 Å². The first kappa shape index (κ1) is 25.7. The summed E-state index contributed by atoms with van der Waals surface area (Å²) in [6, 6.07) is 19.6. The van der Waals surface area contributed by atoms with Crippen LogP contribution in [0.4, 0.5) is 21.7 Å². The van der Waals surface area contributed by atoms with Crippen LogP contribution in [0.2, 0.25) is 0 Å². The molecular weight excluding hydrogens is 693 g/mol. The van der Waals surface area contributed by atoms with Gasteiger partial charge in [0.05, 0.1) is 29.0 Å². The maximum Gasteiger partial charge on any atom is 0.307 e. The van der Waals surface area contributed by atoms with Crippen LogP contribution in [0.15, 0.2) is 73.1 Å². The van der Waals surface area contributed by atoms with Crippen molar-refractivity contribution in [3.63, 3.8) is 0 Å². The van der Waals surface area contributed by atoms with Gasteiger partial charge in [0.25, 0.3) is 0 Å². The first-order chi connectivity index (χ1) is 17.5. The Kier molecular flexibility index (Phi) is 8.25. The van der Waals surface area contributed by atoms with Gasteiger partial charge in [0.15, 0.2) is 5.82 Å². The smallest absolute Gasteiger partial charge is 0.307 e. The lowest BCUT2D eigenvalue weighted by Gasteiger charge is -2.11. The lowest BCUT2D eigenvalue weighted by molar-refractivity contribution is -0.387. The number of nitro groups is 1. The SMILES string of the molecule is COc1cc(F)c([N+](=O)[O-])cc1Nc1ncnc(-c2c(-c3ccccc3)[nH]c3ccccc23)n1.II. The van der Waals surface area contributed by atoms with Crippen LogP contribution in [0.5, 0.6) is 5.75 Å². The minimum Gasteiger partial charge on any atom is -0.494 e. The number of hydrogen-bond donors (Lipinski definition) is 2. The summed E-state index contributed by atoms with van der Waals surface area (Å²) in [6.07, 6.45) is 1.34. The highest BCUT2D eigenvalue weighted by Gasteiger charge is 2.21. The fourth-order valence-corrected chi connectivity index (χ4v) is 3.74. The van der Waals surface area contributed by atoms with Crippen molar-refractivity contribution in [3.8, 4) is 28.4 Å². The Morgan fingerprint density at radius 2 is 1.78 bits per heavy atom. The van der Waals surface area contributed by atoms with Crippen molar-refractivity contribution >= 4 is 65.5 Å². The molecule has 2 aromatic heterocycles. The summed E-state index contributed by atoms with van der Waals surface area (Å²) in [5.74, 6) is -0.421. The number of nitro benzene ring substituents is 1. The van der Waals surface area contributed by atoms with E-state index in [2.05, 4.69) is 62.5 Å². The van der Waals surface area contributed by atoms with E-state index < -0.39 is 16.4 Å². The fraction of sp³-hybridized carbons (Fsp3) is 0.0417. The number of para-hydroxylation sites is 1. The topological polar surface area (TPSA) is 119 Å². The summed E-state index contributed by atoms with van der Waals surface area (Å²) in [6.45, 7) is 0. The van der Waals surface area contributed by atoms with Gasteiger partial charge < -0.3 is 15.0 Å². The van der Waals surface area contributed by atoms with Crippen LogP contribution in [0.3, 0.4) is 0 Å². The van der Waals surface area contributed by atoms with Crippen LogP contribution < -0.4 is 10.1 Å². The number of ether oxygens (including phenoxy) is 1. The van der Waals surface area contributed by atoms with Gasteiger partial charge in [-0.1, -0.05) is 48.5 Å². The lowest BCUT2D eigenvalue weighted by Crippen LogP contribution is -2.03. The van der Waals surface area contributed by atoms with Gasteiger partial charge in [0.2, 0.25) is 11.8 Å². The number of fused-ring (bicyclic) bond motifs is 1. The van der Waals surface area contributed by atoms with Crippen LogP contribution in [0.25, 0.3) is 33.5 Å². The van der Waals surface area contributed by atoms with Crippen molar-refractivity contribution in [2.45, 2.75) is 0 Å². The molecule has 5 aromatic rings. The van der Waals surface area contributed by atoms with Crippen molar-refractivity contribution < 1.29 is 14.1 Å². The van der Waals surface area contributed by atoms with Crippen molar-refractivity contribution in [1.29, 1.82) is 0 Å². The monoisotopic (exact) mass is 710 g/mol. The fourth-order valence-electron chi connectivity index (χ4n) is 3.74. The van der Waals surface area contributed by atoms with Gasteiger partial charge in [0, 0.05) is 60.3 Å². The van der Waals surface area contributed by atoms with E-state index in [9.17, 15) is 14.5 Å². The zero-order chi connectivity index (χ0) is 25.7. The molecule has 0 saturated carbocycles. The number of aromatic nitrogens is 4. The Bertz CT molecular complexity index is 1530. The van der Waals surface area contributed by atoms with Crippen molar-refractivity contribution in [3.05, 3.63) is 89.0 Å². The molecule has 2 N–H and O–H groups in total. The Morgan fingerprint density at radius 1 is 1.06 bits per heavy atom. The molecule has 0 amide bonds. The summed E-state index contributed by atoms with van der Waals surface area (Å²) in [7, 11) is 1.34. The third-order valence-corrected chi connectivity index (χ3v) is 5.28. The van der Waals surface area contributed by atoms with Gasteiger partial charge in [-0.15, -0.1) is 0 Å². The molecule has 182 valence electrons. The highest BCUT2D eigenvalue weighted by molar-refractivity contribution is 15.0. The second-order valence-corrected chi connectivity index (χ2v) is 7.31. The Morgan fingerprint density at radius 3 is 2.50 bits per heavy atom. The number of benzene rings is 3.